The number of esters is 1. The molecule has 6 heteroatoms. The summed E-state index contributed by atoms with van der Waals surface area (Å²) in [7, 11) is -3.37. The first-order chi connectivity index (χ1) is 14.8. The van der Waals surface area contributed by atoms with E-state index in [0.717, 1.165) is 37.8 Å². The number of carbonyl (C=O) groups is 1. The molecule has 176 valence electrons. The first-order valence-corrected chi connectivity index (χ1v) is 15.3. The summed E-state index contributed by atoms with van der Waals surface area (Å²) < 4.78 is 25.6. The number of hydrogen-bond acceptors (Lipinski definition) is 4. The van der Waals surface area contributed by atoms with E-state index < -0.39 is 19.1 Å². The molecule has 0 fully saturated rings. The Hall–Kier alpha value is -1.92. The van der Waals surface area contributed by atoms with Crippen LogP contribution in [0.4, 0.5) is 0 Å². The summed E-state index contributed by atoms with van der Waals surface area (Å²) in [5.74, 6) is 0.647. The summed E-state index contributed by atoms with van der Waals surface area (Å²) in [6.07, 6.45) is 1.39. The molecule has 0 saturated heterocycles. The quantitative estimate of drug-likeness (QED) is 0.244. The summed E-state index contributed by atoms with van der Waals surface area (Å²) in [6.45, 7) is 19.1. The van der Waals surface area contributed by atoms with Gasteiger partial charge in [-0.2, -0.15) is 0 Å². The predicted molar refractivity (Wildman–Crippen MR) is 135 cm³/mol. The Morgan fingerprint density at radius 1 is 1.00 bits per heavy atom. The monoisotopic (exact) mass is 474 g/mol. The maximum absolute atomic E-state index is 13.6. The third-order valence-corrected chi connectivity index (χ3v) is 12.5. The minimum absolute atomic E-state index is 0.0573. The Morgan fingerprint density at radius 3 is 2.12 bits per heavy atom. The number of benzene rings is 2. The van der Waals surface area contributed by atoms with Gasteiger partial charge in [-0.05, 0) is 86.1 Å². The standard InChI is InChI=1S/C26H38O4SSi/c1-18-19(2)25(31(28)22-14-11-10-12-15-22)20(3)23(16-13-17-29-21(4)27)24(18)30-32(8,9)26(5,6)7/h10-12,14-15H,13,16-17H2,1-9H3. The van der Waals surface area contributed by atoms with Crippen LogP contribution in [-0.4, -0.2) is 25.1 Å². The molecule has 1 atom stereocenters. The van der Waals surface area contributed by atoms with Crippen molar-refractivity contribution in [2.75, 3.05) is 6.61 Å². The maximum atomic E-state index is 13.6. The first kappa shape index (κ1) is 26.3. The molecule has 0 saturated carbocycles. The summed E-state index contributed by atoms with van der Waals surface area (Å²) in [4.78, 5) is 12.9. The topological polar surface area (TPSA) is 52.6 Å². The van der Waals surface area contributed by atoms with E-state index in [2.05, 4.69) is 40.8 Å². The van der Waals surface area contributed by atoms with Gasteiger partial charge in [-0.15, -0.1) is 0 Å². The van der Waals surface area contributed by atoms with Gasteiger partial charge in [-0.1, -0.05) is 39.0 Å². The van der Waals surface area contributed by atoms with Gasteiger partial charge in [-0.3, -0.25) is 4.79 Å². The summed E-state index contributed by atoms with van der Waals surface area (Å²) >= 11 is 0. The van der Waals surface area contributed by atoms with Crippen LogP contribution in [0.5, 0.6) is 5.75 Å². The second-order valence-corrected chi connectivity index (χ2v) is 16.0. The van der Waals surface area contributed by atoms with E-state index in [9.17, 15) is 9.00 Å². The third kappa shape index (κ3) is 5.90. The predicted octanol–water partition coefficient (Wildman–Crippen LogP) is 6.66. The smallest absolute Gasteiger partial charge is 0.302 e. The van der Waals surface area contributed by atoms with Gasteiger partial charge in [0, 0.05) is 11.8 Å². The number of hydrogen-bond donors (Lipinski definition) is 0. The van der Waals surface area contributed by atoms with Crippen LogP contribution in [0.15, 0.2) is 40.1 Å². The van der Waals surface area contributed by atoms with E-state index in [4.69, 9.17) is 9.16 Å². The normalized spacial score (nSPS) is 13.0. The van der Waals surface area contributed by atoms with Gasteiger partial charge in [0.1, 0.15) is 5.75 Å². The van der Waals surface area contributed by atoms with Crippen LogP contribution in [0.25, 0.3) is 0 Å². The molecule has 32 heavy (non-hydrogen) atoms. The Bertz CT molecular complexity index is 991. The fourth-order valence-electron chi connectivity index (χ4n) is 3.41. The van der Waals surface area contributed by atoms with Gasteiger partial charge in [0.25, 0.3) is 8.32 Å². The lowest BCUT2D eigenvalue weighted by molar-refractivity contribution is -0.141. The lowest BCUT2D eigenvalue weighted by Crippen LogP contribution is -2.44. The first-order valence-electron chi connectivity index (χ1n) is 11.2. The molecular formula is C26H38O4SSi. The fraction of sp³-hybridized carbons (Fsp3) is 0.500. The molecule has 0 bridgehead atoms. The highest BCUT2D eigenvalue weighted by molar-refractivity contribution is 7.85. The SMILES string of the molecule is CC(=O)OCCCc1c(C)c(S(=O)c2ccccc2)c(C)c(C)c1O[Si](C)(C)C(C)(C)C. The van der Waals surface area contributed by atoms with Crippen LogP contribution >= 0.6 is 0 Å². The summed E-state index contributed by atoms with van der Waals surface area (Å²) in [5, 5.41) is 0.0573. The van der Waals surface area contributed by atoms with Gasteiger partial charge in [-0.25, -0.2) is 4.21 Å². The minimum Gasteiger partial charge on any atom is -0.543 e. The van der Waals surface area contributed by atoms with Crippen LogP contribution in [-0.2, 0) is 26.8 Å². The Morgan fingerprint density at radius 2 is 1.59 bits per heavy atom. The summed E-state index contributed by atoms with van der Waals surface area (Å²) in [5.41, 5.74) is 4.14. The van der Waals surface area contributed by atoms with Crippen molar-refractivity contribution in [2.24, 2.45) is 0 Å². The van der Waals surface area contributed by atoms with Crippen molar-refractivity contribution in [1.29, 1.82) is 0 Å². The van der Waals surface area contributed by atoms with Crippen molar-refractivity contribution >= 4 is 25.1 Å². The number of carbonyl (C=O) groups excluding carboxylic acids is 1. The van der Waals surface area contributed by atoms with Crippen LogP contribution in [0, 0.1) is 20.8 Å². The second-order valence-electron chi connectivity index (χ2n) is 9.90. The molecular weight excluding hydrogens is 436 g/mol. The zero-order valence-electron chi connectivity index (χ0n) is 21.0. The van der Waals surface area contributed by atoms with Crippen LogP contribution in [0.2, 0.25) is 18.1 Å². The lowest BCUT2D eigenvalue weighted by Gasteiger charge is -2.38. The Labute approximate surface area is 197 Å². The van der Waals surface area contributed by atoms with E-state index >= 15 is 0 Å². The molecule has 2 rings (SSSR count). The second kappa shape index (κ2) is 10.3. The molecule has 0 radical (unpaired) electrons. The van der Waals surface area contributed by atoms with E-state index in [1.54, 1.807) is 0 Å². The van der Waals surface area contributed by atoms with Crippen molar-refractivity contribution in [3.63, 3.8) is 0 Å². The molecule has 0 aromatic heterocycles. The van der Waals surface area contributed by atoms with E-state index in [1.165, 1.54) is 6.92 Å². The zero-order valence-corrected chi connectivity index (χ0v) is 22.9. The molecule has 0 spiro atoms. The molecule has 0 heterocycles. The van der Waals surface area contributed by atoms with Crippen LogP contribution in [0.3, 0.4) is 0 Å². The molecule has 0 aliphatic carbocycles. The van der Waals surface area contributed by atoms with Gasteiger partial charge < -0.3 is 9.16 Å². The van der Waals surface area contributed by atoms with Crippen LogP contribution < -0.4 is 4.43 Å². The van der Waals surface area contributed by atoms with E-state index in [1.807, 2.05) is 44.2 Å². The summed E-state index contributed by atoms with van der Waals surface area (Å²) in [6, 6.07) is 9.58. The maximum Gasteiger partial charge on any atom is 0.302 e. The van der Waals surface area contributed by atoms with Gasteiger partial charge in [0.2, 0.25) is 0 Å². The zero-order chi connectivity index (χ0) is 24.3. The van der Waals surface area contributed by atoms with Crippen molar-refractivity contribution < 1.29 is 18.2 Å². The largest absolute Gasteiger partial charge is 0.543 e. The molecule has 4 nitrogen and oxygen atoms in total. The van der Waals surface area contributed by atoms with E-state index in [0.29, 0.717) is 19.4 Å². The van der Waals surface area contributed by atoms with Gasteiger partial charge >= 0.3 is 5.97 Å². The van der Waals surface area contributed by atoms with Crippen molar-refractivity contribution in [1.82, 2.24) is 0 Å². The Balaban J connectivity index is 2.62. The fourth-order valence-corrected chi connectivity index (χ4v) is 5.97. The molecule has 0 aliphatic heterocycles. The number of rotatable bonds is 8. The molecule has 2 aromatic rings. The molecule has 1 unspecified atom stereocenters. The molecule has 0 amide bonds. The molecule has 0 aliphatic rings. The van der Waals surface area contributed by atoms with Crippen molar-refractivity contribution in [2.45, 2.75) is 89.2 Å². The lowest BCUT2D eigenvalue weighted by atomic mass is 9.96. The van der Waals surface area contributed by atoms with Gasteiger partial charge in [0.15, 0.2) is 0 Å². The highest BCUT2D eigenvalue weighted by Gasteiger charge is 2.40. The highest BCUT2D eigenvalue weighted by Crippen LogP contribution is 2.43. The number of ether oxygens (including phenoxy) is 1. The third-order valence-electron chi connectivity index (χ3n) is 6.49. The molecule has 0 N–H and O–H groups in total. The van der Waals surface area contributed by atoms with E-state index in [-0.39, 0.29) is 11.0 Å². The van der Waals surface area contributed by atoms with Crippen LogP contribution in [0.1, 0.15) is 56.4 Å². The average molecular weight is 475 g/mol. The van der Waals surface area contributed by atoms with Gasteiger partial charge in [0.05, 0.1) is 22.3 Å². The Kier molecular flexibility index (Phi) is 8.51. The highest BCUT2D eigenvalue weighted by atomic mass is 32.2. The average Bonchev–Trinajstić information content (AvgIpc) is 2.70. The minimum atomic E-state index is -2.09. The molecule has 2 aromatic carbocycles. The van der Waals surface area contributed by atoms with Crippen molar-refractivity contribution in [3.05, 3.63) is 52.6 Å². The van der Waals surface area contributed by atoms with Crippen molar-refractivity contribution in [3.8, 4) is 5.75 Å².